The van der Waals surface area contributed by atoms with Crippen molar-refractivity contribution < 1.29 is 32.5 Å². The summed E-state index contributed by atoms with van der Waals surface area (Å²) in [5.74, 6) is 0.463. The van der Waals surface area contributed by atoms with Crippen LogP contribution in [-0.2, 0) is 10.9 Å². The third kappa shape index (κ3) is 6.54. The van der Waals surface area contributed by atoms with Crippen molar-refractivity contribution in [1.29, 1.82) is 0 Å². The molecule has 0 radical (unpaired) electrons. The van der Waals surface area contributed by atoms with Gasteiger partial charge in [0.25, 0.3) is 5.91 Å². The Balaban J connectivity index is 1.34. The number of benzene rings is 1. The van der Waals surface area contributed by atoms with Gasteiger partial charge in [-0.2, -0.15) is 13.2 Å². The van der Waals surface area contributed by atoms with Gasteiger partial charge in [-0.05, 0) is 62.1 Å². The van der Waals surface area contributed by atoms with Crippen LogP contribution < -0.4 is 10.1 Å². The van der Waals surface area contributed by atoms with Crippen LogP contribution in [0.15, 0.2) is 30.5 Å². The zero-order chi connectivity index (χ0) is 28.3. The topological polar surface area (TPSA) is 87.2 Å². The number of halogens is 3. The maximum Gasteiger partial charge on any atom is 0.433 e. The van der Waals surface area contributed by atoms with E-state index in [-0.39, 0.29) is 36.2 Å². The molecule has 0 aliphatic carbocycles. The number of nitrogens with one attached hydrogen (secondary N) is 1. The first-order chi connectivity index (χ1) is 18.5. The lowest BCUT2D eigenvalue weighted by atomic mass is 9.96. The zero-order valence-corrected chi connectivity index (χ0v) is 22.8. The van der Waals surface area contributed by atoms with Crippen molar-refractivity contribution in [1.82, 2.24) is 20.1 Å². The molecule has 2 N–H and O–H groups in total. The second-order valence-corrected chi connectivity index (χ2v) is 10.4. The van der Waals surface area contributed by atoms with E-state index in [4.69, 9.17) is 9.47 Å². The molecular formula is C28H37F3N4O4. The van der Waals surface area contributed by atoms with Gasteiger partial charge in [0.15, 0.2) is 0 Å². The van der Waals surface area contributed by atoms with Gasteiger partial charge >= 0.3 is 6.18 Å². The summed E-state index contributed by atoms with van der Waals surface area (Å²) >= 11 is 0. The highest BCUT2D eigenvalue weighted by Gasteiger charge is 2.47. The van der Waals surface area contributed by atoms with Crippen LogP contribution in [0.1, 0.15) is 52.1 Å². The van der Waals surface area contributed by atoms with Crippen molar-refractivity contribution in [2.45, 2.75) is 57.6 Å². The summed E-state index contributed by atoms with van der Waals surface area (Å²) in [6.45, 7) is 9.31. The second kappa shape index (κ2) is 12.2. The number of nitrogens with zero attached hydrogens (tertiary/aromatic N) is 3. The molecule has 1 aromatic heterocycles. The van der Waals surface area contributed by atoms with Crippen molar-refractivity contribution in [2.75, 3.05) is 46.5 Å². The number of ether oxygens (including phenoxy) is 2. The third-order valence-electron chi connectivity index (χ3n) is 7.87. The Bertz CT molecular complexity index is 1140. The fraction of sp³-hybridized carbons (Fsp3) is 0.571. The number of piperazine rings is 1. The van der Waals surface area contributed by atoms with E-state index in [1.807, 2.05) is 13.0 Å². The Morgan fingerprint density at radius 3 is 2.56 bits per heavy atom. The van der Waals surface area contributed by atoms with Gasteiger partial charge < -0.3 is 24.8 Å². The molecule has 2 aromatic rings. The lowest BCUT2D eigenvalue weighted by molar-refractivity contribution is -0.141. The molecule has 0 spiro atoms. The first kappa shape index (κ1) is 29.3. The number of rotatable bonds is 11. The second-order valence-electron chi connectivity index (χ2n) is 10.4. The van der Waals surface area contributed by atoms with Crippen LogP contribution in [0.25, 0.3) is 0 Å². The molecule has 0 saturated carbocycles. The lowest BCUT2D eigenvalue weighted by Gasteiger charge is -2.38. The fourth-order valence-electron chi connectivity index (χ4n) is 5.57. The number of methoxy groups -OCH3 is 1. The van der Waals surface area contributed by atoms with Crippen molar-refractivity contribution in [3.63, 3.8) is 0 Å². The van der Waals surface area contributed by atoms with Crippen molar-refractivity contribution in [3.8, 4) is 5.75 Å². The molecule has 3 heterocycles. The van der Waals surface area contributed by atoms with Gasteiger partial charge in [-0.25, -0.2) is 0 Å². The number of carbonyl (C=O) groups is 1. The van der Waals surface area contributed by atoms with E-state index in [0.717, 1.165) is 35.6 Å². The minimum atomic E-state index is -4.53. The molecule has 214 valence electrons. The van der Waals surface area contributed by atoms with Gasteiger partial charge in [-0.15, -0.1) is 0 Å². The molecule has 2 fully saturated rings. The third-order valence-corrected chi connectivity index (χ3v) is 7.87. The Morgan fingerprint density at radius 2 is 1.95 bits per heavy atom. The molecule has 39 heavy (non-hydrogen) atoms. The van der Waals surface area contributed by atoms with Gasteiger partial charge in [0.2, 0.25) is 0 Å². The average molecular weight is 551 g/mol. The monoisotopic (exact) mass is 550 g/mol. The van der Waals surface area contributed by atoms with Crippen LogP contribution in [-0.4, -0.2) is 90.5 Å². The van der Waals surface area contributed by atoms with Crippen molar-refractivity contribution >= 4 is 5.91 Å². The first-order valence-electron chi connectivity index (χ1n) is 13.2. The largest absolute Gasteiger partial charge is 0.491 e. The van der Waals surface area contributed by atoms with Crippen LogP contribution in [0.2, 0.25) is 0 Å². The number of pyridine rings is 1. The van der Waals surface area contributed by atoms with Crippen LogP contribution in [0.4, 0.5) is 13.2 Å². The molecule has 4 atom stereocenters. The Kier molecular flexibility index (Phi) is 9.15. The van der Waals surface area contributed by atoms with E-state index in [1.165, 1.54) is 11.6 Å². The Morgan fingerprint density at radius 1 is 1.18 bits per heavy atom. The fourth-order valence-corrected chi connectivity index (χ4v) is 5.57. The molecule has 4 rings (SSSR count). The summed E-state index contributed by atoms with van der Waals surface area (Å²) in [5.41, 5.74) is 2.50. The number of aliphatic hydroxyl groups is 1. The summed E-state index contributed by atoms with van der Waals surface area (Å²) in [6.07, 6.45) is -3.32. The van der Waals surface area contributed by atoms with Crippen molar-refractivity contribution in [2.24, 2.45) is 0 Å². The molecule has 2 bridgehead atoms. The van der Waals surface area contributed by atoms with E-state index in [2.05, 4.69) is 35.1 Å². The molecule has 0 unspecified atom stereocenters. The van der Waals surface area contributed by atoms with Gasteiger partial charge in [0.1, 0.15) is 24.2 Å². The maximum atomic E-state index is 13.0. The number of hydrogen-bond acceptors (Lipinski definition) is 7. The number of amides is 1. The molecule has 2 saturated heterocycles. The quantitative estimate of drug-likeness (QED) is 0.415. The highest BCUT2D eigenvalue weighted by Crippen LogP contribution is 2.39. The van der Waals surface area contributed by atoms with Gasteiger partial charge in [0.05, 0.1) is 12.2 Å². The lowest BCUT2D eigenvalue weighted by Crippen LogP contribution is -2.49. The normalized spacial score (nSPS) is 20.9. The number of hydrogen-bond donors (Lipinski definition) is 2. The molecule has 8 nitrogen and oxygen atoms in total. The summed E-state index contributed by atoms with van der Waals surface area (Å²) in [5, 5.41) is 13.3. The van der Waals surface area contributed by atoms with Crippen LogP contribution >= 0.6 is 0 Å². The van der Waals surface area contributed by atoms with E-state index >= 15 is 0 Å². The Labute approximate surface area is 227 Å². The van der Waals surface area contributed by atoms with Gasteiger partial charge in [0, 0.05) is 57.6 Å². The molecule has 2 aliphatic rings. The first-order valence-corrected chi connectivity index (χ1v) is 13.2. The minimum absolute atomic E-state index is 0.00948. The van der Waals surface area contributed by atoms with Gasteiger partial charge in [-0.3, -0.25) is 14.7 Å². The van der Waals surface area contributed by atoms with Crippen LogP contribution in [0.3, 0.4) is 0 Å². The predicted octanol–water partition coefficient (Wildman–Crippen LogP) is 3.35. The number of carbonyl (C=O) groups excluding carboxylic acids is 1. The number of likely N-dealkylation sites (tertiary alicyclic amines) is 2. The van der Waals surface area contributed by atoms with Crippen LogP contribution in [0, 0.1) is 13.8 Å². The SMILES string of the molecule is COCCNC[C@@H](O)COc1ccc([C@H](C)N2C[C@H]3C[C@@H]2CN3C(=O)c2ccc(C(F)(F)F)nc2)c(C)c1C. The summed E-state index contributed by atoms with van der Waals surface area (Å²) < 4.78 is 49.4. The molecule has 1 amide bonds. The van der Waals surface area contributed by atoms with Gasteiger partial charge in [-0.1, -0.05) is 6.07 Å². The van der Waals surface area contributed by atoms with E-state index in [1.54, 1.807) is 12.0 Å². The summed E-state index contributed by atoms with van der Waals surface area (Å²) in [6, 6.07) is 6.37. The standard InChI is InChI=1S/C28H37F3N4O4/c1-17-18(2)25(39-16-23(36)13-32-9-10-38-4)7-6-24(17)19(3)34-14-22-11-21(34)15-35(22)27(37)20-5-8-26(33-12-20)28(29,30)31/h5-8,12,19,21-23,32,36H,9-11,13-16H2,1-4H3/t19-,21+,22+,23+/m0/s1. The summed E-state index contributed by atoms with van der Waals surface area (Å²) in [7, 11) is 1.63. The predicted molar refractivity (Wildman–Crippen MR) is 140 cm³/mol. The highest BCUT2D eigenvalue weighted by atomic mass is 19.4. The average Bonchev–Trinajstić information content (AvgIpc) is 3.52. The maximum absolute atomic E-state index is 13.0. The van der Waals surface area contributed by atoms with Crippen molar-refractivity contribution in [3.05, 3.63) is 58.4 Å². The molecule has 2 aliphatic heterocycles. The van der Waals surface area contributed by atoms with E-state index < -0.39 is 18.0 Å². The number of aromatic nitrogens is 1. The highest BCUT2D eigenvalue weighted by molar-refractivity contribution is 5.94. The number of fused-ring (bicyclic) bond motifs is 2. The number of alkyl halides is 3. The van der Waals surface area contributed by atoms with E-state index in [9.17, 15) is 23.1 Å². The minimum Gasteiger partial charge on any atom is -0.491 e. The number of aliphatic hydroxyl groups excluding tert-OH is 1. The molecular weight excluding hydrogens is 513 g/mol. The van der Waals surface area contributed by atoms with E-state index in [0.29, 0.717) is 32.8 Å². The molecule has 11 heteroatoms. The molecule has 1 aromatic carbocycles. The smallest absolute Gasteiger partial charge is 0.433 e. The Hall–Kier alpha value is -2.73. The van der Waals surface area contributed by atoms with Crippen LogP contribution in [0.5, 0.6) is 5.75 Å². The zero-order valence-electron chi connectivity index (χ0n) is 22.8. The summed E-state index contributed by atoms with van der Waals surface area (Å²) in [4.78, 5) is 20.6.